The number of hydrogen-bond donors (Lipinski definition) is 1. The Balaban J connectivity index is 2.14. The van der Waals surface area contributed by atoms with Crippen molar-refractivity contribution in [2.75, 3.05) is 0 Å². The molecule has 6 nitrogen and oxygen atoms in total. The molecule has 0 spiro atoms. The van der Waals surface area contributed by atoms with Gasteiger partial charge in [0.25, 0.3) is 0 Å². The molecule has 102 valence electrons. The summed E-state index contributed by atoms with van der Waals surface area (Å²) in [7, 11) is 1.77. The van der Waals surface area contributed by atoms with Crippen LogP contribution >= 0.6 is 0 Å². The third kappa shape index (κ3) is 1.89. The van der Waals surface area contributed by atoms with Crippen molar-refractivity contribution in [3.63, 3.8) is 0 Å². The average Bonchev–Trinajstić information content (AvgIpc) is 2.79. The minimum Gasteiger partial charge on any atom is -0.298 e. The van der Waals surface area contributed by atoms with Crippen molar-refractivity contribution >= 4 is 29.0 Å². The van der Waals surface area contributed by atoms with E-state index >= 15 is 0 Å². The van der Waals surface area contributed by atoms with Gasteiger partial charge in [-0.05, 0) is 18.1 Å². The topological polar surface area (TPSA) is 81.1 Å². The first-order valence-electron chi connectivity index (χ1n) is 6.35. The van der Waals surface area contributed by atoms with Gasteiger partial charge >= 0.3 is 0 Å². The van der Waals surface area contributed by atoms with Crippen LogP contribution in [0.15, 0.2) is 18.3 Å². The zero-order chi connectivity index (χ0) is 14.3. The number of imide groups is 1. The number of carbonyl (C=O) groups is 3. The first-order valence-corrected chi connectivity index (χ1v) is 6.35. The van der Waals surface area contributed by atoms with Gasteiger partial charge in [-0.3, -0.25) is 24.4 Å². The van der Waals surface area contributed by atoms with Gasteiger partial charge in [0.05, 0.1) is 5.92 Å². The number of hydrogen-bond acceptors (Lipinski definition) is 4. The van der Waals surface area contributed by atoms with Crippen LogP contribution in [0.2, 0.25) is 0 Å². The first kappa shape index (κ1) is 12.5. The van der Waals surface area contributed by atoms with E-state index in [-0.39, 0.29) is 17.7 Å². The lowest BCUT2D eigenvalue weighted by molar-refractivity contribution is -0.134. The van der Waals surface area contributed by atoms with E-state index in [0.717, 1.165) is 17.2 Å². The molecule has 1 aromatic heterocycles. The molecule has 6 heteroatoms. The Kier molecular flexibility index (Phi) is 2.85. The Morgan fingerprint density at radius 1 is 1.40 bits per heavy atom. The number of benzene rings is 1. The fourth-order valence-corrected chi connectivity index (χ4v) is 2.65. The van der Waals surface area contributed by atoms with Crippen LogP contribution in [0.4, 0.5) is 0 Å². The number of aryl methyl sites for hydroxylation is 1. The number of aromatic nitrogens is 2. The fraction of sp³-hybridized carbons (Fsp3) is 0.286. The number of aldehydes is 1. The molecule has 2 aromatic rings. The molecule has 1 fully saturated rings. The summed E-state index contributed by atoms with van der Waals surface area (Å²) < 4.78 is 1.62. The second-order valence-electron chi connectivity index (χ2n) is 4.93. The maximum Gasteiger partial charge on any atom is 0.234 e. The van der Waals surface area contributed by atoms with Gasteiger partial charge in [-0.15, -0.1) is 0 Å². The number of nitrogens with one attached hydrogen (secondary N) is 1. The Morgan fingerprint density at radius 2 is 2.20 bits per heavy atom. The Labute approximate surface area is 114 Å². The van der Waals surface area contributed by atoms with Crippen LogP contribution in [0.3, 0.4) is 0 Å². The summed E-state index contributed by atoms with van der Waals surface area (Å²) in [5, 5.41) is 7.40. The predicted molar refractivity (Wildman–Crippen MR) is 71.2 cm³/mol. The second-order valence-corrected chi connectivity index (χ2v) is 4.93. The fourth-order valence-electron chi connectivity index (χ4n) is 2.65. The number of carbonyl (C=O) groups excluding carboxylic acids is 3. The molecule has 20 heavy (non-hydrogen) atoms. The first-order chi connectivity index (χ1) is 9.60. The van der Waals surface area contributed by atoms with Gasteiger partial charge < -0.3 is 0 Å². The van der Waals surface area contributed by atoms with Crippen LogP contribution in [0.1, 0.15) is 34.7 Å². The number of nitrogens with zero attached hydrogens (tertiary/aromatic N) is 2. The molecular formula is C14H13N3O3. The van der Waals surface area contributed by atoms with Crippen molar-refractivity contribution in [1.82, 2.24) is 15.1 Å². The number of fused-ring (bicyclic) bond motifs is 1. The third-order valence-electron chi connectivity index (χ3n) is 3.60. The molecule has 3 rings (SSSR count). The Morgan fingerprint density at radius 3 is 2.90 bits per heavy atom. The van der Waals surface area contributed by atoms with Crippen LogP contribution in [-0.4, -0.2) is 27.9 Å². The highest BCUT2D eigenvalue weighted by Crippen LogP contribution is 2.31. The summed E-state index contributed by atoms with van der Waals surface area (Å²) in [5.41, 5.74) is 1.89. The Hall–Kier alpha value is -2.50. The number of amides is 2. The monoisotopic (exact) mass is 271 g/mol. The van der Waals surface area contributed by atoms with E-state index in [1.807, 2.05) is 0 Å². The van der Waals surface area contributed by atoms with E-state index in [1.54, 1.807) is 30.1 Å². The van der Waals surface area contributed by atoms with E-state index in [9.17, 15) is 14.4 Å². The van der Waals surface area contributed by atoms with Gasteiger partial charge in [-0.1, -0.05) is 6.07 Å². The van der Waals surface area contributed by atoms with E-state index < -0.39 is 0 Å². The largest absolute Gasteiger partial charge is 0.298 e. The summed E-state index contributed by atoms with van der Waals surface area (Å²) in [5.74, 6) is -0.899. The van der Waals surface area contributed by atoms with Gasteiger partial charge in [0.1, 0.15) is 5.52 Å². The molecule has 2 amide bonds. The lowest BCUT2D eigenvalue weighted by atomic mass is 9.88. The molecule has 0 bridgehead atoms. The van der Waals surface area contributed by atoms with Crippen molar-refractivity contribution in [1.29, 1.82) is 0 Å². The molecule has 1 aromatic carbocycles. The number of piperidine rings is 1. The zero-order valence-electron chi connectivity index (χ0n) is 10.9. The van der Waals surface area contributed by atoms with Crippen molar-refractivity contribution in [3.05, 3.63) is 29.5 Å². The standard InChI is InChI=1S/C14H13N3O3/c1-17-6-11-9(3-2-8(7-18)13(11)16-17)10-4-5-12(19)15-14(10)20/h2-3,6-7,10H,4-5H2,1H3,(H,15,19,20). The smallest absolute Gasteiger partial charge is 0.234 e. The number of rotatable bonds is 2. The highest BCUT2D eigenvalue weighted by molar-refractivity contribution is 6.04. The van der Waals surface area contributed by atoms with Gasteiger partial charge in [-0.2, -0.15) is 5.10 Å². The van der Waals surface area contributed by atoms with Crippen LogP contribution in [0.25, 0.3) is 10.9 Å². The van der Waals surface area contributed by atoms with Crippen molar-refractivity contribution in [2.24, 2.45) is 7.05 Å². The maximum absolute atomic E-state index is 12.0. The van der Waals surface area contributed by atoms with Crippen molar-refractivity contribution < 1.29 is 14.4 Å². The molecule has 0 saturated carbocycles. The van der Waals surface area contributed by atoms with Crippen molar-refractivity contribution in [2.45, 2.75) is 18.8 Å². The summed E-state index contributed by atoms with van der Waals surface area (Å²) >= 11 is 0. The van der Waals surface area contributed by atoms with E-state index in [4.69, 9.17) is 0 Å². The molecule has 1 atom stereocenters. The van der Waals surface area contributed by atoms with Crippen LogP contribution in [0.5, 0.6) is 0 Å². The highest BCUT2D eigenvalue weighted by atomic mass is 16.2. The molecule has 1 unspecified atom stereocenters. The SMILES string of the molecule is Cn1cc2c(C3CCC(=O)NC3=O)ccc(C=O)c2n1. The lowest BCUT2D eigenvalue weighted by Gasteiger charge is -2.21. The molecule has 1 N–H and O–H groups in total. The van der Waals surface area contributed by atoms with Gasteiger partial charge in [0.15, 0.2) is 6.29 Å². The van der Waals surface area contributed by atoms with E-state index in [1.165, 1.54) is 0 Å². The van der Waals surface area contributed by atoms with Crippen LogP contribution in [-0.2, 0) is 16.6 Å². The molecular weight excluding hydrogens is 258 g/mol. The predicted octanol–water partition coefficient (Wildman–Crippen LogP) is 0.906. The summed E-state index contributed by atoms with van der Waals surface area (Å²) in [4.78, 5) is 34.3. The van der Waals surface area contributed by atoms with Crippen LogP contribution < -0.4 is 5.32 Å². The van der Waals surface area contributed by atoms with Crippen molar-refractivity contribution in [3.8, 4) is 0 Å². The summed E-state index contributed by atoms with van der Waals surface area (Å²) in [6.07, 6.45) is 3.35. The second kappa shape index (κ2) is 4.56. The van der Waals surface area contributed by atoms with Gasteiger partial charge in [-0.25, -0.2) is 0 Å². The summed E-state index contributed by atoms with van der Waals surface area (Å²) in [6, 6.07) is 3.44. The summed E-state index contributed by atoms with van der Waals surface area (Å²) in [6.45, 7) is 0. The molecule has 0 aliphatic carbocycles. The van der Waals surface area contributed by atoms with Gasteiger partial charge in [0, 0.05) is 30.6 Å². The third-order valence-corrected chi connectivity index (χ3v) is 3.60. The normalized spacial score (nSPS) is 19.1. The maximum atomic E-state index is 12.0. The molecule has 2 heterocycles. The van der Waals surface area contributed by atoms with Gasteiger partial charge in [0.2, 0.25) is 11.8 Å². The van der Waals surface area contributed by atoms with Crippen LogP contribution in [0, 0.1) is 0 Å². The average molecular weight is 271 g/mol. The van der Waals surface area contributed by atoms with E-state index in [2.05, 4.69) is 10.4 Å². The highest BCUT2D eigenvalue weighted by Gasteiger charge is 2.29. The molecule has 0 radical (unpaired) electrons. The minimum absolute atomic E-state index is 0.238. The lowest BCUT2D eigenvalue weighted by Crippen LogP contribution is -2.39. The molecule has 1 aliphatic rings. The minimum atomic E-state index is -0.375. The quantitative estimate of drug-likeness (QED) is 0.650. The molecule has 1 aliphatic heterocycles. The zero-order valence-corrected chi connectivity index (χ0v) is 10.9. The molecule has 1 saturated heterocycles. The Bertz CT molecular complexity index is 733. The van der Waals surface area contributed by atoms with E-state index in [0.29, 0.717) is 23.9 Å².